The van der Waals surface area contributed by atoms with E-state index < -0.39 is 0 Å². The maximum absolute atomic E-state index is 11.6. The zero-order valence-corrected chi connectivity index (χ0v) is 11.6. The minimum Gasteiger partial charge on any atom is -0.358 e. The summed E-state index contributed by atoms with van der Waals surface area (Å²) in [5.41, 5.74) is 0. The number of nitrogens with zero attached hydrogens (tertiary/aromatic N) is 1. The van der Waals surface area contributed by atoms with Gasteiger partial charge in [-0.3, -0.25) is 9.69 Å². The smallest absolute Gasteiger partial charge is 0.236 e. The van der Waals surface area contributed by atoms with Crippen LogP contribution < -0.4 is 10.6 Å². The molecule has 1 heterocycles. The van der Waals surface area contributed by atoms with Crippen molar-refractivity contribution >= 4 is 5.91 Å². The molecule has 4 heteroatoms. The van der Waals surface area contributed by atoms with Crippen molar-refractivity contribution in [3.8, 4) is 0 Å². The molecule has 1 saturated heterocycles. The van der Waals surface area contributed by atoms with E-state index in [9.17, 15) is 4.79 Å². The van der Waals surface area contributed by atoms with E-state index in [-0.39, 0.29) is 11.9 Å². The van der Waals surface area contributed by atoms with E-state index in [0.717, 1.165) is 19.6 Å². The number of amides is 1. The number of piperidine rings is 1. The molecule has 1 aliphatic heterocycles. The normalized spacial score (nSPS) is 25.3. The van der Waals surface area contributed by atoms with Crippen LogP contribution in [0.4, 0.5) is 0 Å². The van der Waals surface area contributed by atoms with Gasteiger partial charge >= 0.3 is 0 Å². The fourth-order valence-corrected chi connectivity index (χ4v) is 2.66. The van der Waals surface area contributed by atoms with Crippen LogP contribution in [0, 0.1) is 5.92 Å². The topological polar surface area (TPSA) is 44.4 Å². The molecule has 1 aliphatic rings. The Labute approximate surface area is 105 Å². The quantitative estimate of drug-likeness (QED) is 0.749. The highest BCUT2D eigenvalue weighted by atomic mass is 16.2. The average molecular weight is 241 g/mol. The number of rotatable bonds is 5. The summed E-state index contributed by atoms with van der Waals surface area (Å²) in [4.78, 5) is 14.0. The summed E-state index contributed by atoms with van der Waals surface area (Å²) >= 11 is 0. The molecule has 0 aromatic rings. The maximum Gasteiger partial charge on any atom is 0.236 e. The zero-order chi connectivity index (χ0) is 12.8. The number of hydrogen-bond donors (Lipinski definition) is 2. The Morgan fingerprint density at radius 3 is 2.76 bits per heavy atom. The van der Waals surface area contributed by atoms with Gasteiger partial charge in [0, 0.05) is 19.6 Å². The molecule has 0 radical (unpaired) electrons. The van der Waals surface area contributed by atoms with E-state index in [1.165, 1.54) is 12.8 Å². The highest BCUT2D eigenvalue weighted by Crippen LogP contribution is 2.21. The van der Waals surface area contributed by atoms with Crippen LogP contribution in [0.15, 0.2) is 0 Å². The molecule has 4 nitrogen and oxygen atoms in total. The van der Waals surface area contributed by atoms with Gasteiger partial charge in [0.05, 0.1) is 6.04 Å². The van der Waals surface area contributed by atoms with Crippen molar-refractivity contribution in [2.45, 2.75) is 45.7 Å². The number of nitrogens with one attached hydrogen (secondary N) is 2. The Hall–Kier alpha value is -0.610. The van der Waals surface area contributed by atoms with Gasteiger partial charge in [0.15, 0.2) is 0 Å². The fourth-order valence-electron chi connectivity index (χ4n) is 2.66. The zero-order valence-electron chi connectivity index (χ0n) is 11.6. The van der Waals surface area contributed by atoms with Crippen LogP contribution in [-0.2, 0) is 4.79 Å². The van der Waals surface area contributed by atoms with Crippen molar-refractivity contribution in [3.05, 3.63) is 0 Å². The summed E-state index contributed by atoms with van der Waals surface area (Å²) in [6, 6.07) is 0.538. The summed E-state index contributed by atoms with van der Waals surface area (Å²) in [5.74, 6) is 0.789. The molecule has 0 saturated carbocycles. The Morgan fingerprint density at radius 2 is 2.18 bits per heavy atom. The molecule has 0 spiro atoms. The van der Waals surface area contributed by atoms with Crippen molar-refractivity contribution in [3.63, 3.8) is 0 Å². The first-order valence-electron chi connectivity index (χ1n) is 6.79. The largest absolute Gasteiger partial charge is 0.358 e. The number of likely N-dealkylation sites (N-methyl/N-ethyl adjacent to an activating group) is 1. The molecule has 3 atom stereocenters. The summed E-state index contributed by atoms with van der Waals surface area (Å²) in [5, 5.41) is 6.23. The molecule has 1 fully saturated rings. The average Bonchev–Trinajstić information content (AvgIpc) is 2.37. The third-order valence-electron chi connectivity index (χ3n) is 3.90. The van der Waals surface area contributed by atoms with Crippen molar-refractivity contribution in [2.24, 2.45) is 5.92 Å². The lowest BCUT2D eigenvalue weighted by atomic mass is 9.90. The lowest BCUT2D eigenvalue weighted by Gasteiger charge is -2.38. The molecule has 3 unspecified atom stereocenters. The Morgan fingerprint density at radius 1 is 1.47 bits per heavy atom. The first kappa shape index (κ1) is 14.5. The van der Waals surface area contributed by atoms with Gasteiger partial charge in [0.25, 0.3) is 0 Å². The van der Waals surface area contributed by atoms with Gasteiger partial charge in [-0.1, -0.05) is 6.92 Å². The van der Waals surface area contributed by atoms with Crippen molar-refractivity contribution < 1.29 is 4.79 Å². The molecule has 1 rings (SSSR count). The lowest BCUT2D eigenvalue weighted by Crippen LogP contribution is -2.51. The van der Waals surface area contributed by atoms with Crippen LogP contribution in [0.5, 0.6) is 0 Å². The molecule has 2 N–H and O–H groups in total. The standard InChI is InChI=1S/C13H27N3O/c1-5-15-10(2)12-7-6-8-16(9-12)11(3)13(17)14-4/h10-12,15H,5-9H2,1-4H3,(H,14,17). The van der Waals surface area contributed by atoms with E-state index >= 15 is 0 Å². The number of likely N-dealkylation sites (tertiary alicyclic amines) is 1. The third kappa shape index (κ3) is 3.96. The van der Waals surface area contributed by atoms with Crippen LogP contribution in [0.3, 0.4) is 0 Å². The third-order valence-corrected chi connectivity index (χ3v) is 3.90. The monoisotopic (exact) mass is 241 g/mol. The Balaban J connectivity index is 2.51. The van der Waals surface area contributed by atoms with Crippen LogP contribution in [0.1, 0.15) is 33.6 Å². The SMILES string of the molecule is CCNC(C)C1CCCN(C(C)C(=O)NC)C1. The molecule has 1 amide bonds. The predicted octanol–water partition coefficient (Wildman–Crippen LogP) is 0.831. The first-order valence-corrected chi connectivity index (χ1v) is 6.79. The van der Waals surface area contributed by atoms with Gasteiger partial charge in [-0.2, -0.15) is 0 Å². The van der Waals surface area contributed by atoms with Crippen molar-refractivity contribution in [1.82, 2.24) is 15.5 Å². The van der Waals surface area contributed by atoms with Crippen LogP contribution in [-0.4, -0.2) is 49.6 Å². The summed E-state index contributed by atoms with van der Waals surface area (Å²) in [6.07, 6.45) is 2.47. The van der Waals surface area contributed by atoms with Gasteiger partial charge in [-0.25, -0.2) is 0 Å². The van der Waals surface area contributed by atoms with Crippen LogP contribution in [0.2, 0.25) is 0 Å². The summed E-state index contributed by atoms with van der Waals surface area (Å²) in [6.45, 7) is 9.49. The summed E-state index contributed by atoms with van der Waals surface area (Å²) < 4.78 is 0. The Bertz CT molecular complexity index is 245. The highest BCUT2D eigenvalue weighted by molar-refractivity contribution is 5.80. The van der Waals surface area contributed by atoms with Gasteiger partial charge in [-0.05, 0) is 45.7 Å². The van der Waals surface area contributed by atoms with E-state index in [0.29, 0.717) is 12.0 Å². The van der Waals surface area contributed by atoms with Crippen LogP contribution in [0.25, 0.3) is 0 Å². The molecule has 0 aliphatic carbocycles. The minimum absolute atomic E-state index is 0.00312. The highest BCUT2D eigenvalue weighted by Gasteiger charge is 2.29. The fraction of sp³-hybridized carbons (Fsp3) is 0.923. The second kappa shape index (κ2) is 6.97. The van der Waals surface area contributed by atoms with Gasteiger partial charge in [0.2, 0.25) is 5.91 Å². The molecule has 0 aromatic carbocycles. The molecule has 100 valence electrons. The Kier molecular flexibility index (Phi) is 5.92. The maximum atomic E-state index is 11.6. The molecular weight excluding hydrogens is 214 g/mol. The van der Waals surface area contributed by atoms with E-state index in [1.54, 1.807) is 7.05 Å². The molecule has 0 aromatic heterocycles. The number of carbonyl (C=O) groups excluding carboxylic acids is 1. The number of hydrogen-bond acceptors (Lipinski definition) is 3. The lowest BCUT2D eigenvalue weighted by molar-refractivity contribution is -0.126. The molecule has 0 bridgehead atoms. The first-order chi connectivity index (χ1) is 8.10. The van der Waals surface area contributed by atoms with E-state index in [1.807, 2.05) is 6.92 Å². The number of carbonyl (C=O) groups is 1. The van der Waals surface area contributed by atoms with Crippen LogP contribution >= 0.6 is 0 Å². The van der Waals surface area contributed by atoms with Crippen molar-refractivity contribution in [1.29, 1.82) is 0 Å². The van der Waals surface area contributed by atoms with Gasteiger partial charge in [-0.15, -0.1) is 0 Å². The molecule has 17 heavy (non-hydrogen) atoms. The minimum atomic E-state index is -0.00312. The van der Waals surface area contributed by atoms with E-state index in [2.05, 4.69) is 29.4 Å². The second-order valence-electron chi connectivity index (χ2n) is 5.03. The predicted molar refractivity (Wildman–Crippen MR) is 71.0 cm³/mol. The van der Waals surface area contributed by atoms with Gasteiger partial charge in [0.1, 0.15) is 0 Å². The van der Waals surface area contributed by atoms with Crippen molar-refractivity contribution in [2.75, 3.05) is 26.7 Å². The summed E-state index contributed by atoms with van der Waals surface area (Å²) in [7, 11) is 1.71. The van der Waals surface area contributed by atoms with E-state index in [4.69, 9.17) is 0 Å². The van der Waals surface area contributed by atoms with Gasteiger partial charge < -0.3 is 10.6 Å². The second-order valence-corrected chi connectivity index (χ2v) is 5.03. The molecular formula is C13H27N3O.